The van der Waals surface area contributed by atoms with Gasteiger partial charge in [0.15, 0.2) is 6.10 Å². The van der Waals surface area contributed by atoms with Crippen molar-refractivity contribution in [2.45, 2.75) is 212 Å². The van der Waals surface area contributed by atoms with Crippen molar-refractivity contribution in [2.75, 3.05) is 26.4 Å². The van der Waals surface area contributed by atoms with Crippen molar-refractivity contribution in [3.05, 3.63) is 36.5 Å². The molecule has 0 aromatic carbocycles. The van der Waals surface area contributed by atoms with E-state index < -0.39 is 51.8 Å². The van der Waals surface area contributed by atoms with Gasteiger partial charge >= 0.3 is 19.8 Å². The summed E-state index contributed by atoms with van der Waals surface area (Å²) >= 11 is 0. The van der Waals surface area contributed by atoms with Crippen LogP contribution in [-0.4, -0.2) is 65.7 Å². The van der Waals surface area contributed by atoms with Crippen molar-refractivity contribution < 1.29 is 47.8 Å². The summed E-state index contributed by atoms with van der Waals surface area (Å²) in [6, 6.07) is 0. The zero-order chi connectivity index (χ0) is 41.2. The van der Waals surface area contributed by atoms with Gasteiger partial charge in [-0.05, 0) is 70.6 Å². The van der Waals surface area contributed by atoms with Crippen LogP contribution in [0.1, 0.15) is 200 Å². The van der Waals surface area contributed by atoms with Crippen LogP contribution in [-0.2, 0) is 32.7 Å². The molecular formula is C45H83O10P. The van der Waals surface area contributed by atoms with E-state index >= 15 is 0 Å². The molecule has 0 bridgehead atoms. The molecule has 0 amide bonds. The summed E-state index contributed by atoms with van der Waals surface area (Å²) < 4.78 is 32.7. The Balaban J connectivity index is 4.29. The molecule has 0 aromatic rings. The number of allylic oxidation sites excluding steroid dienone is 6. The minimum Gasteiger partial charge on any atom is -0.462 e. The van der Waals surface area contributed by atoms with E-state index in [1.54, 1.807) is 0 Å². The molecule has 0 radical (unpaired) electrons. The number of carbonyl (C=O) groups excluding carboxylic acids is 2. The second-order valence-corrected chi connectivity index (χ2v) is 16.5. The van der Waals surface area contributed by atoms with E-state index in [9.17, 15) is 24.2 Å². The molecule has 3 unspecified atom stereocenters. The van der Waals surface area contributed by atoms with Crippen LogP contribution in [0.15, 0.2) is 36.5 Å². The van der Waals surface area contributed by atoms with Gasteiger partial charge in [-0.15, -0.1) is 0 Å². The van der Waals surface area contributed by atoms with Gasteiger partial charge in [-0.2, -0.15) is 0 Å². The summed E-state index contributed by atoms with van der Waals surface area (Å²) in [7, 11) is -4.62. The molecule has 56 heavy (non-hydrogen) atoms. The summed E-state index contributed by atoms with van der Waals surface area (Å²) in [4.78, 5) is 35.0. The normalized spacial score (nSPS) is 14.2. The van der Waals surface area contributed by atoms with Gasteiger partial charge in [-0.1, -0.05) is 153 Å². The summed E-state index contributed by atoms with van der Waals surface area (Å²) in [6.07, 6.45) is 42.5. The average Bonchev–Trinajstić information content (AvgIpc) is 3.19. The van der Waals surface area contributed by atoms with E-state index in [1.165, 1.54) is 89.9 Å². The Labute approximate surface area is 341 Å². The number of phosphoric ester groups is 1. The molecule has 0 aliphatic rings. The van der Waals surface area contributed by atoms with Gasteiger partial charge < -0.3 is 24.6 Å². The monoisotopic (exact) mass is 815 g/mol. The molecule has 3 N–H and O–H groups in total. The summed E-state index contributed by atoms with van der Waals surface area (Å²) in [5.41, 5.74) is 0. The molecule has 3 atom stereocenters. The van der Waals surface area contributed by atoms with Crippen molar-refractivity contribution in [2.24, 2.45) is 0 Å². The number of ether oxygens (including phenoxy) is 2. The Morgan fingerprint density at radius 3 is 1.43 bits per heavy atom. The lowest BCUT2D eigenvalue weighted by Gasteiger charge is -2.20. The first-order chi connectivity index (χ1) is 27.2. The molecule has 0 aliphatic heterocycles. The maximum atomic E-state index is 12.6. The highest BCUT2D eigenvalue weighted by atomic mass is 31.2. The second-order valence-electron chi connectivity index (χ2n) is 15.1. The maximum Gasteiger partial charge on any atom is 0.472 e. The molecule has 0 fully saturated rings. The Bertz CT molecular complexity index is 1030. The summed E-state index contributed by atoms with van der Waals surface area (Å²) in [5, 5.41) is 18.3. The SMILES string of the molecule is CCCCC/C=C\C/C=C\CCCCCCCC(=O)OC(COC(=O)CCCCCCCCC/C=C\CCCCCCCCC)COP(=O)(O)OCC(O)CO. The standard InChI is InChI=1S/C45H83O10P/c1-3-5-7-9-11-13-15-17-19-20-21-23-24-26-28-30-32-34-36-44(48)52-40-43(41-54-56(50,51)53-39-42(47)38-46)55-45(49)37-35-33-31-29-27-25-22-18-16-14-12-10-8-6-4-2/h12,14,18-20,22,42-43,46-47H,3-11,13,15-17,21,23-41H2,1-2H3,(H,50,51)/b14-12-,20-19-,22-18-. The van der Waals surface area contributed by atoms with Crippen LogP contribution in [0.2, 0.25) is 0 Å². The number of aliphatic hydroxyl groups is 2. The zero-order valence-electron chi connectivity index (χ0n) is 35.6. The Morgan fingerprint density at radius 1 is 0.536 bits per heavy atom. The van der Waals surface area contributed by atoms with Crippen LogP contribution in [0.3, 0.4) is 0 Å². The predicted octanol–water partition coefficient (Wildman–Crippen LogP) is 11.9. The van der Waals surface area contributed by atoms with E-state index in [1.807, 2.05) is 0 Å². The number of aliphatic hydroxyl groups excluding tert-OH is 2. The summed E-state index contributed by atoms with van der Waals surface area (Å²) in [5.74, 6) is -0.943. The molecule has 0 aliphatic carbocycles. The first-order valence-corrected chi connectivity index (χ1v) is 23.9. The fourth-order valence-corrected chi connectivity index (χ4v) is 6.81. The largest absolute Gasteiger partial charge is 0.472 e. The zero-order valence-corrected chi connectivity index (χ0v) is 36.5. The molecule has 0 rings (SSSR count). The third-order valence-corrected chi connectivity index (χ3v) is 10.5. The number of unbranched alkanes of at least 4 members (excludes halogenated alkanes) is 22. The fourth-order valence-electron chi connectivity index (χ4n) is 6.02. The summed E-state index contributed by atoms with van der Waals surface area (Å²) in [6.45, 7) is 2.34. The van der Waals surface area contributed by atoms with Gasteiger partial charge in [0.05, 0.1) is 19.8 Å². The molecule has 0 spiro atoms. The van der Waals surface area contributed by atoms with Crippen molar-refractivity contribution in [1.82, 2.24) is 0 Å². The van der Waals surface area contributed by atoms with Gasteiger partial charge in [0.1, 0.15) is 12.7 Å². The lowest BCUT2D eigenvalue weighted by molar-refractivity contribution is -0.161. The van der Waals surface area contributed by atoms with Gasteiger partial charge in [0.2, 0.25) is 0 Å². The van der Waals surface area contributed by atoms with Gasteiger partial charge in [-0.25, -0.2) is 4.57 Å². The Kier molecular flexibility index (Phi) is 40.0. The molecule has 0 saturated carbocycles. The quantitative estimate of drug-likeness (QED) is 0.0235. The van der Waals surface area contributed by atoms with Crippen LogP contribution >= 0.6 is 7.82 Å². The number of phosphoric acid groups is 1. The van der Waals surface area contributed by atoms with Crippen LogP contribution in [0.5, 0.6) is 0 Å². The minimum atomic E-state index is -4.62. The first kappa shape index (κ1) is 54.2. The number of esters is 2. The minimum absolute atomic E-state index is 0.168. The van der Waals surface area contributed by atoms with Gasteiger partial charge in [0, 0.05) is 12.8 Å². The van der Waals surface area contributed by atoms with Crippen LogP contribution in [0.4, 0.5) is 0 Å². The van der Waals surface area contributed by atoms with Crippen molar-refractivity contribution in [3.8, 4) is 0 Å². The molecular weight excluding hydrogens is 731 g/mol. The van der Waals surface area contributed by atoms with E-state index in [0.29, 0.717) is 12.8 Å². The maximum absolute atomic E-state index is 12.6. The van der Waals surface area contributed by atoms with Crippen molar-refractivity contribution in [1.29, 1.82) is 0 Å². The molecule has 328 valence electrons. The van der Waals surface area contributed by atoms with Crippen LogP contribution in [0, 0.1) is 0 Å². The van der Waals surface area contributed by atoms with Gasteiger partial charge in [0.25, 0.3) is 0 Å². The number of hydrogen-bond donors (Lipinski definition) is 3. The number of rotatable bonds is 42. The lowest BCUT2D eigenvalue weighted by atomic mass is 10.1. The lowest BCUT2D eigenvalue weighted by Crippen LogP contribution is -2.29. The van der Waals surface area contributed by atoms with E-state index in [2.05, 4.69) is 54.8 Å². The smallest absolute Gasteiger partial charge is 0.462 e. The number of hydrogen-bond acceptors (Lipinski definition) is 9. The van der Waals surface area contributed by atoms with E-state index in [4.69, 9.17) is 19.1 Å². The predicted molar refractivity (Wildman–Crippen MR) is 228 cm³/mol. The van der Waals surface area contributed by atoms with Gasteiger partial charge in [-0.3, -0.25) is 18.6 Å². The molecule has 0 heterocycles. The van der Waals surface area contributed by atoms with E-state index in [-0.39, 0.29) is 19.4 Å². The first-order valence-electron chi connectivity index (χ1n) is 22.4. The number of carbonyl (C=O) groups is 2. The molecule has 0 aromatic heterocycles. The van der Waals surface area contributed by atoms with Crippen molar-refractivity contribution >= 4 is 19.8 Å². The van der Waals surface area contributed by atoms with Crippen LogP contribution in [0.25, 0.3) is 0 Å². The van der Waals surface area contributed by atoms with Crippen LogP contribution < -0.4 is 0 Å². The highest BCUT2D eigenvalue weighted by Crippen LogP contribution is 2.43. The topological polar surface area (TPSA) is 149 Å². The fraction of sp³-hybridized carbons (Fsp3) is 0.822. The second kappa shape index (κ2) is 41.4. The Morgan fingerprint density at radius 2 is 0.929 bits per heavy atom. The third-order valence-electron chi connectivity index (χ3n) is 9.52. The molecule has 0 saturated heterocycles. The van der Waals surface area contributed by atoms with Crippen molar-refractivity contribution in [3.63, 3.8) is 0 Å². The Hall–Kier alpha value is -1.81. The van der Waals surface area contributed by atoms with E-state index in [0.717, 1.165) is 70.6 Å². The third kappa shape index (κ3) is 40.4. The molecule has 11 heteroatoms. The molecule has 10 nitrogen and oxygen atoms in total. The average molecular weight is 815 g/mol. The highest BCUT2D eigenvalue weighted by molar-refractivity contribution is 7.47. The highest BCUT2D eigenvalue weighted by Gasteiger charge is 2.27.